The number of Topliss-reactive ketones (excluding diaryl/α,β-unsaturated/α-hetero) is 1. The number of carbonyl (C=O) groups excluding carboxylic acids is 2. The van der Waals surface area contributed by atoms with Crippen LogP contribution >= 0.6 is 0 Å². The Kier molecular flexibility index (Phi) is 6.98. The van der Waals surface area contributed by atoms with Crippen LogP contribution in [0.1, 0.15) is 33.2 Å². The van der Waals surface area contributed by atoms with Crippen LogP contribution in [0.4, 0.5) is 11.4 Å². The predicted octanol–water partition coefficient (Wildman–Crippen LogP) is 4.88. The molecule has 1 fully saturated rings. The molecule has 0 atom stereocenters. The molecule has 0 radical (unpaired) electrons. The molecule has 1 saturated heterocycles. The first-order valence-corrected chi connectivity index (χ1v) is 11.5. The number of nitrogens with one attached hydrogen (secondary N) is 1. The first-order valence-electron chi connectivity index (χ1n) is 11.5. The number of rotatable bonds is 6. The fourth-order valence-corrected chi connectivity index (χ4v) is 4.28. The lowest BCUT2D eigenvalue weighted by molar-refractivity contribution is 0.101. The Labute approximate surface area is 201 Å². The van der Waals surface area contributed by atoms with Crippen molar-refractivity contribution in [2.75, 3.05) is 50.6 Å². The number of carbonyl (C=O) groups is 2. The topological polar surface area (TPSA) is 61.9 Å². The maximum Gasteiger partial charge on any atom is 0.255 e. The van der Waals surface area contributed by atoms with Crippen LogP contribution in [0.15, 0.2) is 60.7 Å². The van der Waals surface area contributed by atoms with Gasteiger partial charge >= 0.3 is 0 Å². The molecule has 176 valence electrons. The molecule has 0 unspecified atom stereocenters. The van der Waals surface area contributed by atoms with Crippen molar-refractivity contribution in [2.45, 2.75) is 13.8 Å². The quantitative estimate of drug-likeness (QED) is 0.535. The van der Waals surface area contributed by atoms with Crippen LogP contribution in [-0.4, -0.2) is 56.9 Å². The SMILES string of the molecule is COc1ccc(NC(=O)c2ccc(-c3ccc(C(C)=O)cc3)c(C)c2)cc1N1CCN(C)CC1. The van der Waals surface area contributed by atoms with Crippen molar-refractivity contribution in [1.29, 1.82) is 0 Å². The molecule has 1 heterocycles. The molecule has 4 rings (SSSR count). The van der Waals surface area contributed by atoms with Crippen LogP contribution in [0.3, 0.4) is 0 Å². The van der Waals surface area contributed by atoms with Gasteiger partial charge in [-0.25, -0.2) is 0 Å². The number of hydrogen-bond acceptors (Lipinski definition) is 5. The van der Waals surface area contributed by atoms with E-state index in [1.54, 1.807) is 14.0 Å². The zero-order valence-corrected chi connectivity index (χ0v) is 20.2. The van der Waals surface area contributed by atoms with E-state index in [-0.39, 0.29) is 11.7 Å². The Bertz CT molecular complexity index is 1200. The van der Waals surface area contributed by atoms with Crippen molar-refractivity contribution in [3.63, 3.8) is 0 Å². The molecule has 0 spiro atoms. The maximum absolute atomic E-state index is 13.0. The number of ether oxygens (including phenoxy) is 1. The van der Waals surface area contributed by atoms with Gasteiger partial charge in [-0.2, -0.15) is 0 Å². The van der Waals surface area contributed by atoms with Gasteiger partial charge in [0.15, 0.2) is 5.78 Å². The highest BCUT2D eigenvalue weighted by Crippen LogP contribution is 2.32. The Morgan fingerprint density at radius 3 is 2.18 bits per heavy atom. The van der Waals surface area contributed by atoms with Crippen molar-refractivity contribution in [2.24, 2.45) is 0 Å². The second-order valence-electron chi connectivity index (χ2n) is 8.79. The van der Waals surface area contributed by atoms with Gasteiger partial charge in [-0.15, -0.1) is 0 Å². The molecule has 34 heavy (non-hydrogen) atoms. The van der Waals surface area contributed by atoms with Gasteiger partial charge in [0, 0.05) is 43.0 Å². The molecule has 1 amide bonds. The number of likely N-dealkylation sites (N-methyl/N-ethyl adjacent to an activating group) is 1. The van der Waals surface area contributed by atoms with E-state index in [2.05, 4.69) is 22.2 Å². The predicted molar refractivity (Wildman–Crippen MR) is 137 cm³/mol. The van der Waals surface area contributed by atoms with Gasteiger partial charge in [-0.1, -0.05) is 30.3 Å². The fraction of sp³-hybridized carbons (Fsp3) is 0.286. The minimum atomic E-state index is -0.156. The van der Waals surface area contributed by atoms with E-state index in [0.29, 0.717) is 11.1 Å². The summed E-state index contributed by atoms with van der Waals surface area (Å²) in [6, 6.07) is 19.0. The Morgan fingerprint density at radius 2 is 1.56 bits per heavy atom. The molecule has 0 aliphatic carbocycles. The van der Waals surface area contributed by atoms with Crippen molar-refractivity contribution in [1.82, 2.24) is 4.90 Å². The second kappa shape index (κ2) is 10.1. The lowest BCUT2D eigenvalue weighted by atomic mass is 9.97. The first kappa shape index (κ1) is 23.5. The van der Waals surface area contributed by atoms with Gasteiger partial charge < -0.3 is 19.9 Å². The van der Waals surface area contributed by atoms with E-state index in [9.17, 15) is 9.59 Å². The van der Waals surface area contributed by atoms with E-state index in [1.807, 2.05) is 67.6 Å². The van der Waals surface area contributed by atoms with Crippen LogP contribution in [0.2, 0.25) is 0 Å². The van der Waals surface area contributed by atoms with E-state index in [0.717, 1.165) is 60.0 Å². The Morgan fingerprint density at radius 1 is 0.882 bits per heavy atom. The minimum absolute atomic E-state index is 0.0459. The normalized spacial score (nSPS) is 14.1. The number of amides is 1. The molecule has 3 aromatic carbocycles. The van der Waals surface area contributed by atoms with Gasteiger partial charge in [-0.3, -0.25) is 9.59 Å². The Balaban J connectivity index is 1.52. The number of hydrogen-bond donors (Lipinski definition) is 1. The zero-order valence-electron chi connectivity index (χ0n) is 20.2. The van der Waals surface area contributed by atoms with Gasteiger partial charge in [0.2, 0.25) is 0 Å². The molecule has 6 nitrogen and oxygen atoms in total. The number of aryl methyl sites for hydroxylation is 1. The molecule has 0 bridgehead atoms. The second-order valence-corrected chi connectivity index (χ2v) is 8.79. The van der Waals surface area contributed by atoms with Crippen molar-refractivity contribution < 1.29 is 14.3 Å². The van der Waals surface area contributed by atoms with Gasteiger partial charge in [0.05, 0.1) is 12.8 Å². The molecule has 1 N–H and O–H groups in total. The van der Waals surface area contributed by atoms with Crippen molar-refractivity contribution in [3.8, 4) is 16.9 Å². The average Bonchev–Trinajstić information content (AvgIpc) is 2.84. The third-order valence-corrected chi connectivity index (χ3v) is 6.37. The lowest BCUT2D eigenvalue weighted by Gasteiger charge is -2.35. The van der Waals surface area contributed by atoms with Crippen LogP contribution in [0, 0.1) is 6.92 Å². The van der Waals surface area contributed by atoms with E-state index < -0.39 is 0 Å². The van der Waals surface area contributed by atoms with Crippen molar-refractivity contribution in [3.05, 3.63) is 77.4 Å². The maximum atomic E-state index is 13.0. The highest BCUT2D eigenvalue weighted by Gasteiger charge is 2.19. The Hall–Kier alpha value is -3.64. The first-order chi connectivity index (χ1) is 16.4. The van der Waals surface area contributed by atoms with E-state index in [1.165, 1.54) is 0 Å². The molecule has 1 aliphatic rings. The van der Waals surface area contributed by atoms with Crippen LogP contribution in [-0.2, 0) is 0 Å². The summed E-state index contributed by atoms with van der Waals surface area (Å²) in [7, 11) is 3.80. The minimum Gasteiger partial charge on any atom is -0.495 e. The molecular formula is C28H31N3O3. The number of nitrogens with zero attached hydrogens (tertiary/aromatic N) is 2. The molecule has 0 saturated carbocycles. The lowest BCUT2D eigenvalue weighted by Crippen LogP contribution is -2.44. The van der Waals surface area contributed by atoms with Gasteiger partial charge in [0.25, 0.3) is 5.91 Å². The molecule has 0 aromatic heterocycles. The summed E-state index contributed by atoms with van der Waals surface area (Å²) in [6.07, 6.45) is 0. The molecule has 6 heteroatoms. The summed E-state index contributed by atoms with van der Waals surface area (Å²) in [5.41, 5.74) is 6.06. The zero-order chi connectivity index (χ0) is 24.2. The average molecular weight is 458 g/mol. The monoisotopic (exact) mass is 457 g/mol. The summed E-state index contributed by atoms with van der Waals surface area (Å²) in [5.74, 6) is 0.694. The highest BCUT2D eigenvalue weighted by molar-refractivity contribution is 6.05. The van der Waals surface area contributed by atoms with Crippen LogP contribution in [0.25, 0.3) is 11.1 Å². The van der Waals surface area contributed by atoms with Gasteiger partial charge in [-0.05, 0) is 67.9 Å². The summed E-state index contributed by atoms with van der Waals surface area (Å²) < 4.78 is 5.57. The van der Waals surface area contributed by atoms with E-state index in [4.69, 9.17) is 4.74 Å². The highest BCUT2D eigenvalue weighted by atomic mass is 16.5. The third kappa shape index (κ3) is 5.13. The number of benzene rings is 3. The largest absolute Gasteiger partial charge is 0.495 e. The fourth-order valence-electron chi connectivity index (χ4n) is 4.28. The summed E-state index contributed by atoms with van der Waals surface area (Å²) in [5, 5.41) is 3.04. The number of piperazine rings is 1. The number of anilines is 2. The molecular weight excluding hydrogens is 426 g/mol. The van der Waals surface area contributed by atoms with E-state index >= 15 is 0 Å². The summed E-state index contributed by atoms with van der Waals surface area (Å²) in [6.45, 7) is 7.36. The third-order valence-electron chi connectivity index (χ3n) is 6.37. The van der Waals surface area contributed by atoms with Crippen molar-refractivity contribution >= 4 is 23.1 Å². The molecule has 1 aliphatic heterocycles. The summed E-state index contributed by atoms with van der Waals surface area (Å²) >= 11 is 0. The van der Waals surface area contributed by atoms with Crippen LogP contribution < -0.4 is 15.0 Å². The number of methoxy groups -OCH3 is 1. The number of ketones is 1. The summed E-state index contributed by atoms with van der Waals surface area (Å²) in [4.78, 5) is 29.2. The van der Waals surface area contributed by atoms with Crippen LogP contribution in [0.5, 0.6) is 5.75 Å². The molecule has 3 aromatic rings. The standard InChI is InChI=1S/C28H31N3O3/c1-19-17-23(9-11-25(19)22-7-5-21(6-8-22)20(2)32)28(33)29-24-10-12-27(34-4)26(18-24)31-15-13-30(3)14-16-31/h5-12,17-18H,13-16H2,1-4H3,(H,29,33). The smallest absolute Gasteiger partial charge is 0.255 e. The van der Waals surface area contributed by atoms with Gasteiger partial charge in [0.1, 0.15) is 5.75 Å².